The number of ether oxygens (including phenoxy) is 1. The first-order valence-corrected chi connectivity index (χ1v) is 7.99. The van der Waals surface area contributed by atoms with Gasteiger partial charge in [0.2, 0.25) is 0 Å². The van der Waals surface area contributed by atoms with E-state index in [1.807, 2.05) is 50.8 Å². The van der Waals surface area contributed by atoms with Crippen LogP contribution in [0.15, 0.2) is 18.2 Å². The standard InChI is InChI=1S/C17H27N3O2/c1-13-7-5-9-15(19-13)18-11-14-8-6-10-20(12-14)16(21)22-17(2,3)4/h5,7,9,14H,6,8,10-12H2,1-4H3,(H,18,19). The van der Waals surface area contributed by atoms with Crippen molar-refractivity contribution in [1.29, 1.82) is 0 Å². The van der Waals surface area contributed by atoms with Gasteiger partial charge >= 0.3 is 6.09 Å². The molecule has 1 saturated heterocycles. The summed E-state index contributed by atoms with van der Waals surface area (Å²) in [7, 11) is 0. The highest BCUT2D eigenvalue weighted by molar-refractivity contribution is 5.68. The number of aromatic nitrogens is 1. The van der Waals surface area contributed by atoms with Gasteiger partial charge in [0.1, 0.15) is 11.4 Å². The van der Waals surface area contributed by atoms with Crippen molar-refractivity contribution in [2.45, 2.75) is 46.1 Å². The Morgan fingerprint density at radius 2 is 2.23 bits per heavy atom. The predicted octanol–water partition coefficient (Wildman–Crippen LogP) is 3.45. The molecule has 1 atom stereocenters. The zero-order chi connectivity index (χ0) is 16.2. The van der Waals surface area contributed by atoms with Crippen LogP contribution in [0.2, 0.25) is 0 Å². The number of carbonyl (C=O) groups is 1. The van der Waals surface area contributed by atoms with E-state index in [-0.39, 0.29) is 6.09 Å². The van der Waals surface area contributed by atoms with Crippen LogP contribution in [0.1, 0.15) is 39.3 Å². The number of nitrogens with zero attached hydrogens (tertiary/aromatic N) is 2. The van der Waals surface area contributed by atoms with Gasteiger partial charge in [-0.15, -0.1) is 0 Å². The van der Waals surface area contributed by atoms with Crippen molar-refractivity contribution >= 4 is 11.9 Å². The molecule has 1 amide bonds. The molecule has 1 aromatic rings. The van der Waals surface area contributed by atoms with E-state index in [4.69, 9.17) is 4.74 Å². The molecule has 1 aromatic heterocycles. The lowest BCUT2D eigenvalue weighted by atomic mass is 9.98. The van der Waals surface area contributed by atoms with Gasteiger partial charge in [-0.25, -0.2) is 9.78 Å². The Morgan fingerprint density at radius 1 is 1.45 bits per heavy atom. The average Bonchev–Trinajstić information content (AvgIpc) is 2.44. The van der Waals surface area contributed by atoms with Gasteiger partial charge < -0.3 is 15.0 Å². The number of rotatable bonds is 3. The number of pyridine rings is 1. The van der Waals surface area contributed by atoms with Crippen molar-refractivity contribution in [3.8, 4) is 0 Å². The van der Waals surface area contributed by atoms with Crippen molar-refractivity contribution < 1.29 is 9.53 Å². The van der Waals surface area contributed by atoms with Crippen LogP contribution in [0.5, 0.6) is 0 Å². The van der Waals surface area contributed by atoms with Crippen molar-refractivity contribution in [3.63, 3.8) is 0 Å². The fraction of sp³-hybridized carbons (Fsp3) is 0.647. The number of anilines is 1. The Labute approximate surface area is 133 Å². The van der Waals surface area contributed by atoms with E-state index in [1.54, 1.807) is 0 Å². The van der Waals surface area contributed by atoms with Gasteiger partial charge in [0.25, 0.3) is 0 Å². The molecule has 0 spiro atoms. The number of hydrogen-bond donors (Lipinski definition) is 1. The van der Waals surface area contributed by atoms with E-state index in [0.717, 1.165) is 44.0 Å². The van der Waals surface area contributed by atoms with E-state index >= 15 is 0 Å². The van der Waals surface area contributed by atoms with Gasteiger partial charge in [-0.2, -0.15) is 0 Å². The summed E-state index contributed by atoms with van der Waals surface area (Å²) in [6, 6.07) is 5.95. The quantitative estimate of drug-likeness (QED) is 0.929. The van der Waals surface area contributed by atoms with Crippen molar-refractivity contribution in [2.24, 2.45) is 5.92 Å². The average molecular weight is 305 g/mol. The summed E-state index contributed by atoms with van der Waals surface area (Å²) < 4.78 is 5.46. The summed E-state index contributed by atoms with van der Waals surface area (Å²) in [5.41, 5.74) is 0.567. The number of likely N-dealkylation sites (tertiary alicyclic amines) is 1. The molecule has 1 aliphatic heterocycles. The van der Waals surface area contributed by atoms with Gasteiger partial charge in [-0.3, -0.25) is 0 Å². The highest BCUT2D eigenvalue weighted by atomic mass is 16.6. The van der Waals surface area contributed by atoms with Crippen LogP contribution in [0, 0.1) is 12.8 Å². The number of nitrogens with one attached hydrogen (secondary N) is 1. The number of amides is 1. The molecule has 0 radical (unpaired) electrons. The Hall–Kier alpha value is -1.78. The summed E-state index contributed by atoms with van der Waals surface area (Å²) in [5, 5.41) is 3.37. The number of aryl methyl sites for hydroxylation is 1. The molecule has 1 N–H and O–H groups in total. The van der Waals surface area contributed by atoms with Crippen molar-refractivity contribution in [2.75, 3.05) is 25.0 Å². The van der Waals surface area contributed by atoms with Crippen LogP contribution >= 0.6 is 0 Å². The Morgan fingerprint density at radius 3 is 2.91 bits per heavy atom. The molecule has 1 unspecified atom stereocenters. The lowest BCUT2D eigenvalue weighted by Gasteiger charge is -2.34. The van der Waals surface area contributed by atoms with Crippen LogP contribution < -0.4 is 5.32 Å². The summed E-state index contributed by atoms with van der Waals surface area (Å²) in [4.78, 5) is 18.4. The predicted molar refractivity (Wildman–Crippen MR) is 88.0 cm³/mol. The zero-order valence-electron chi connectivity index (χ0n) is 14.1. The van der Waals surface area contributed by atoms with Crippen LogP contribution in [0.25, 0.3) is 0 Å². The summed E-state index contributed by atoms with van der Waals surface area (Å²) >= 11 is 0. The number of hydrogen-bond acceptors (Lipinski definition) is 4. The second-order valence-electron chi connectivity index (χ2n) is 6.98. The van der Waals surface area contributed by atoms with Crippen molar-refractivity contribution in [1.82, 2.24) is 9.88 Å². The minimum absolute atomic E-state index is 0.203. The molecule has 0 aromatic carbocycles. The third kappa shape index (κ3) is 5.20. The molecule has 2 heterocycles. The summed E-state index contributed by atoms with van der Waals surface area (Å²) in [6.45, 7) is 10.0. The lowest BCUT2D eigenvalue weighted by molar-refractivity contribution is 0.0172. The molecule has 0 aliphatic carbocycles. The lowest BCUT2D eigenvalue weighted by Crippen LogP contribution is -2.44. The van der Waals surface area contributed by atoms with Gasteiger partial charge in [-0.05, 0) is 58.6 Å². The normalized spacial score (nSPS) is 18.9. The minimum atomic E-state index is -0.437. The Balaban J connectivity index is 1.84. The minimum Gasteiger partial charge on any atom is -0.444 e. The SMILES string of the molecule is Cc1cccc(NCC2CCCN(C(=O)OC(C)(C)C)C2)n1. The molecular weight excluding hydrogens is 278 g/mol. The molecule has 122 valence electrons. The van der Waals surface area contributed by atoms with Gasteiger partial charge in [-0.1, -0.05) is 6.07 Å². The number of piperidine rings is 1. The molecule has 5 nitrogen and oxygen atoms in total. The molecule has 0 bridgehead atoms. The highest BCUT2D eigenvalue weighted by Gasteiger charge is 2.27. The summed E-state index contributed by atoms with van der Waals surface area (Å²) in [6.07, 6.45) is 1.94. The molecule has 1 aliphatic rings. The van der Waals surface area contributed by atoms with E-state index < -0.39 is 5.60 Å². The Kier molecular flexibility index (Phi) is 5.27. The van der Waals surface area contributed by atoms with E-state index in [9.17, 15) is 4.79 Å². The first-order valence-electron chi connectivity index (χ1n) is 7.99. The molecule has 2 rings (SSSR count). The fourth-order valence-electron chi connectivity index (χ4n) is 2.61. The van der Waals surface area contributed by atoms with Crippen LogP contribution in [0.3, 0.4) is 0 Å². The van der Waals surface area contributed by atoms with Crippen molar-refractivity contribution in [3.05, 3.63) is 23.9 Å². The zero-order valence-corrected chi connectivity index (χ0v) is 14.1. The van der Waals surface area contributed by atoms with Crippen LogP contribution in [0.4, 0.5) is 10.6 Å². The largest absolute Gasteiger partial charge is 0.444 e. The van der Waals surface area contributed by atoms with E-state index in [0.29, 0.717) is 5.92 Å². The van der Waals surface area contributed by atoms with Crippen LogP contribution in [-0.2, 0) is 4.74 Å². The second-order valence-corrected chi connectivity index (χ2v) is 6.98. The molecular formula is C17H27N3O2. The second kappa shape index (κ2) is 6.99. The molecule has 1 fully saturated rings. The molecule has 0 saturated carbocycles. The third-order valence-electron chi connectivity index (χ3n) is 3.63. The highest BCUT2D eigenvalue weighted by Crippen LogP contribution is 2.20. The number of carbonyl (C=O) groups excluding carboxylic acids is 1. The van der Waals surface area contributed by atoms with E-state index in [2.05, 4.69) is 10.3 Å². The van der Waals surface area contributed by atoms with Gasteiger partial charge in [0.05, 0.1) is 0 Å². The summed E-state index contributed by atoms with van der Waals surface area (Å²) in [5.74, 6) is 1.33. The first kappa shape index (κ1) is 16.6. The van der Waals surface area contributed by atoms with E-state index in [1.165, 1.54) is 0 Å². The fourth-order valence-corrected chi connectivity index (χ4v) is 2.61. The smallest absolute Gasteiger partial charge is 0.410 e. The molecule has 22 heavy (non-hydrogen) atoms. The third-order valence-corrected chi connectivity index (χ3v) is 3.63. The van der Waals surface area contributed by atoms with Gasteiger partial charge in [0.15, 0.2) is 0 Å². The monoisotopic (exact) mass is 305 g/mol. The maximum atomic E-state index is 12.1. The maximum Gasteiger partial charge on any atom is 0.410 e. The van der Waals surface area contributed by atoms with Gasteiger partial charge in [0, 0.05) is 25.3 Å². The van der Waals surface area contributed by atoms with Crippen LogP contribution in [-0.4, -0.2) is 41.2 Å². The maximum absolute atomic E-state index is 12.1. The first-order chi connectivity index (χ1) is 10.3. The Bertz CT molecular complexity index is 511. The topological polar surface area (TPSA) is 54.5 Å². The molecule has 5 heteroatoms.